The van der Waals surface area contributed by atoms with Gasteiger partial charge in [0.15, 0.2) is 0 Å². The van der Waals surface area contributed by atoms with Crippen LogP contribution in [0, 0.1) is 12.8 Å². The van der Waals surface area contributed by atoms with E-state index in [1.165, 1.54) is 0 Å². The zero-order valence-corrected chi connectivity index (χ0v) is 11.1. The van der Waals surface area contributed by atoms with Crippen molar-refractivity contribution < 1.29 is 4.79 Å². The zero-order valence-electron chi connectivity index (χ0n) is 10.3. The molecule has 1 fully saturated rings. The van der Waals surface area contributed by atoms with E-state index in [-0.39, 0.29) is 11.9 Å². The third-order valence-corrected chi connectivity index (χ3v) is 3.98. The Bertz CT molecular complexity index is 391. The summed E-state index contributed by atoms with van der Waals surface area (Å²) in [5, 5.41) is 9.27. The van der Waals surface area contributed by atoms with Crippen molar-refractivity contribution in [1.82, 2.24) is 15.6 Å². The Morgan fingerprint density at radius 1 is 1.71 bits per heavy atom. The number of nitrogens with zero attached hydrogens (tertiary/aromatic N) is 1. The third-order valence-electron chi connectivity index (χ3n) is 3.16. The Hall–Kier alpha value is -0.940. The molecule has 1 aromatic heterocycles. The van der Waals surface area contributed by atoms with Crippen LogP contribution in [0.15, 0.2) is 5.38 Å². The molecule has 0 spiro atoms. The quantitative estimate of drug-likeness (QED) is 0.857. The highest BCUT2D eigenvalue weighted by molar-refractivity contribution is 7.09. The summed E-state index contributed by atoms with van der Waals surface area (Å²) in [4.78, 5) is 16.3. The standard InChI is InChI=1S/C12H19N3OS/c1-8-4-3-5-13-11(8)12(16)14-6-10-7-17-9(2)15-10/h7-8,11,13H,3-6H2,1-2H3,(H,14,16). The van der Waals surface area contributed by atoms with E-state index in [4.69, 9.17) is 0 Å². The lowest BCUT2D eigenvalue weighted by Gasteiger charge is -2.28. The molecule has 1 aliphatic heterocycles. The van der Waals surface area contributed by atoms with Crippen molar-refractivity contribution in [2.24, 2.45) is 5.92 Å². The van der Waals surface area contributed by atoms with Gasteiger partial charge in [0.1, 0.15) is 0 Å². The van der Waals surface area contributed by atoms with Gasteiger partial charge >= 0.3 is 0 Å². The number of aryl methyl sites for hydroxylation is 1. The SMILES string of the molecule is Cc1nc(CNC(=O)C2NCCCC2C)cs1. The molecule has 0 aromatic carbocycles. The van der Waals surface area contributed by atoms with Crippen LogP contribution in [0.2, 0.25) is 0 Å². The topological polar surface area (TPSA) is 54.0 Å². The van der Waals surface area contributed by atoms with Gasteiger partial charge in [-0.1, -0.05) is 6.92 Å². The minimum absolute atomic E-state index is 0.0384. The summed E-state index contributed by atoms with van der Waals surface area (Å²) in [7, 11) is 0. The molecule has 1 amide bonds. The van der Waals surface area contributed by atoms with Gasteiger partial charge in [0.25, 0.3) is 0 Å². The van der Waals surface area contributed by atoms with E-state index >= 15 is 0 Å². The number of carbonyl (C=O) groups excluding carboxylic acids is 1. The van der Waals surface area contributed by atoms with Crippen LogP contribution in [-0.2, 0) is 11.3 Å². The number of thiazole rings is 1. The van der Waals surface area contributed by atoms with E-state index in [1.807, 2.05) is 12.3 Å². The molecular formula is C12H19N3OS. The molecular weight excluding hydrogens is 234 g/mol. The molecule has 5 heteroatoms. The molecule has 0 radical (unpaired) electrons. The molecule has 1 aliphatic rings. The number of piperidine rings is 1. The van der Waals surface area contributed by atoms with Gasteiger partial charge < -0.3 is 10.6 Å². The van der Waals surface area contributed by atoms with Gasteiger partial charge in [-0.2, -0.15) is 0 Å². The van der Waals surface area contributed by atoms with E-state index in [1.54, 1.807) is 11.3 Å². The lowest BCUT2D eigenvalue weighted by molar-refractivity contribution is -0.125. The maximum Gasteiger partial charge on any atom is 0.237 e. The van der Waals surface area contributed by atoms with Crippen LogP contribution < -0.4 is 10.6 Å². The average molecular weight is 253 g/mol. The van der Waals surface area contributed by atoms with Crippen molar-refractivity contribution in [3.63, 3.8) is 0 Å². The van der Waals surface area contributed by atoms with Crippen LogP contribution in [-0.4, -0.2) is 23.5 Å². The number of rotatable bonds is 3. The normalized spacial score (nSPS) is 24.6. The minimum Gasteiger partial charge on any atom is -0.349 e. The molecule has 2 N–H and O–H groups in total. The Balaban J connectivity index is 1.84. The lowest BCUT2D eigenvalue weighted by Crippen LogP contribution is -2.50. The van der Waals surface area contributed by atoms with Gasteiger partial charge in [-0.25, -0.2) is 4.98 Å². The maximum absolute atomic E-state index is 12.0. The van der Waals surface area contributed by atoms with Gasteiger partial charge in [-0.3, -0.25) is 4.79 Å². The highest BCUT2D eigenvalue weighted by Gasteiger charge is 2.26. The van der Waals surface area contributed by atoms with Crippen molar-refractivity contribution in [1.29, 1.82) is 0 Å². The predicted molar refractivity (Wildman–Crippen MR) is 68.9 cm³/mol. The highest BCUT2D eigenvalue weighted by Crippen LogP contribution is 2.15. The number of hydrogen-bond acceptors (Lipinski definition) is 4. The van der Waals surface area contributed by atoms with Crippen LogP contribution in [0.3, 0.4) is 0 Å². The van der Waals surface area contributed by atoms with Gasteiger partial charge in [-0.15, -0.1) is 11.3 Å². The lowest BCUT2D eigenvalue weighted by atomic mass is 9.92. The second-order valence-corrected chi connectivity index (χ2v) is 5.69. The molecule has 2 rings (SSSR count). The first kappa shape index (κ1) is 12.5. The maximum atomic E-state index is 12.0. The molecule has 4 nitrogen and oxygen atoms in total. The first-order valence-electron chi connectivity index (χ1n) is 6.09. The fourth-order valence-corrected chi connectivity index (χ4v) is 2.79. The van der Waals surface area contributed by atoms with Gasteiger partial charge in [-0.05, 0) is 32.2 Å². The van der Waals surface area contributed by atoms with Crippen molar-refractivity contribution in [3.8, 4) is 0 Å². The summed E-state index contributed by atoms with van der Waals surface area (Å²) in [6, 6.07) is -0.0384. The number of carbonyl (C=O) groups is 1. The number of amides is 1. The first-order valence-corrected chi connectivity index (χ1v) is 6.97. The summed E-state index contributed by atoms with van der Waals surface area (Å²) in [5.41, 5.74) is 0.948. The smallest absolute Gasteiger partial charge is 0.237 e. The molecule has 0 saturated carbocycles. The Labute approximate surface area is 106 Å². The van der Waals surface area contributed by atoms with Gasteiger partial charge in [0.2, 0.25) is 5.91 Å². The summed E-state index contributed by atoms with van der Waals surface area (Å²) in [6.45, 7) is 5.58. The molecule has 2 heterocycles. The summed E-state index contributed by atoms with van der Waals surface area (Å²) < 4.78 is 0. The first-order chi connectivity index (χ1) is 8.16. The molecule has 2 atom stereocenters. The fourth-order valence-electron chi connectivity index (χ4n) is 2.18. The molecule has 0 bridgehead atoms. The fraction of sp³-hybridized carbons (Fsp3) is 0.667. The zero-order chi connectivity index (χ0) is 12.3. The second kappa shape index (κ2) is 5.60. The summed E-state index contributed by atoms with van der Waals surface area (Å²) in [6.07, 6.45) is 2.29. The predicted octanol–water partition coefficient (Wildman–Crippen LogP) is 1.46. The minimum atomic E-state index is -0.0384. The van der Waals surface area contributed by atoms with Crippen molar-refractivity contribution in [2.45, 2.75) is 39.3 Å². The second-order valence-electron chi connectivity index (χ2n) is 4.63. The largest absolute Gasteiger partial charge is 0.349 e. The van der Waals surface area contributed by atoms with Crippen LogP contribution in [0.5, 0.6) is 0 Å². The monoisotopic (exact) mass is 253 g/mol. The van der Waals surface area contributed by atoms with Gasteiger partial charge in [0, 0.05) is 5.38 Å². The Morgan fingerprint density at radius 2 is 2.53 bits per heavy atom. The van der Waals surface area contributed by atoms with Crippen molar-refractivity contribution >= 4 is 17.2 Å². The molecule has 0 aliphatic carbocycles. The molecule has 17 heavy (non-hydrogen) atoms. The summed E-state index contributed by atoms with van der Waals surface area (Å²) >= 11 is 1.61. The van der Waals surface area contributed by atoms with Crippen LogP contribution in [0.25, 0.3) is 0 Å². The highest BCUT2D eigenvalue weighted by atomic mass is 32.1. The van der Waals surface area contributed by atoms with E-state index in [0.29, 0.717) is 12.5 Å². The summed E-state index contributed by atoms with van der Waals surface area (Å²) in [5.74, 6) is 0.517. The molecule has 1 aromatic rings. The number of hydrogen-bond donors (Lipinski definition) is 2. The van der Waals surface area contributed by atoms with Crippen LogP contribution in [0.4, 0.5) is 0 Å². The Kier molecular flexibility index (Phi) is 4.12. The van der Waals surface area contributed by atoms with E-state index < -0.39 is 0 Å². The average Bonchev–Trinajstić information content (AvgIpc) is 2.73. The van der Waals surface area contributed by atoms with Crippen LogP contribution >= 0.6 is 11.3 Å². The molecule has 2 unspecified atom stereocenters. The number of nitrogens with one attached hydrogen (secondary N) is 2. The van der Waals surface area contributed by atoms with Crippen LogP contribution in [0.1, 0.15) is 30.5 Å². The van der Waals surface area contributed by atoms with Gasteiger partial charge in [0.05, 0.1) is 23.3 Å². The van der Waals surface area contributed by atoms with E-state index in [2.05, 4.69) is 22.5 Å². The van der Waals surface area contributed by atoms with Crippen molar-refractivity contribution in [3.05, 3.63) is 16.1 Å². The molecule has 94 valence electrons. The van der Waals surface area contributed by atoms with Crippen molar-refractivity contribution in [2.75, 3.05) is 6.54 Å². The van der Waals surface area contributed by atoms with E-state index in [0.717, 1.165) is 30.1 Å². The third kappa shape index (κ3) is 3.26. The number of aromatic nitrogens is 1. The Morgan fingerprint density at radius 3 is 3.18 bits per heavy atom. The van der Waals surface area contributed by atoms with E-state index in [9.17, 15) is 4.79 Å². The molecule has 1 saturated heterocycles.